The minimum absolute atomic E-state index is 0.215. The monoisotopic (exact) mass is 241 g/mol. The van der Waals surface area contributed by atoms with Crippen LogP contribution in [-0.4, -0.2) is 36.7 Å². The van der Waals surface area contributed by atoms with Crippen molar-refractivity contribution in [3.05, 3.63) is 12.8 Å². The van der Waals surface area contributed by atoms with E-state index in [1.165, 1.54) is 4.90 Å². The fourth-order valence-corrected chi connectivity index (χ4v) is 1.70. The molecule has 0 aromatic carbocycles. The molecule has 1 aliphatic heterocycles. The zero-order valence-electron chi connectivity index (χ0n) is 10.2. The Bertz CT molecular complexity index is 290. The Morgan fingerprint density at radius 3 is 2.94 bits per heavy atom. The Morgan fingerprint density at radius 2 is 2.29 bits per heavy atom. The van der Waals surface area contributed by atoms with Crippen LogP contribution in [0.1, 0.15) is 26.2 Å². The Balaban J connectivity index is 2.31. The number of amides is 1. The second kappa shape index (κ2) is 6.93. The van der Waals surface area contributed by atoms with Crippen molar-refractivity contribution < 1.29 is 19.1 Å². The molecule has 0 bridgehead atoms. The first-order chi connectivity index (χ1) is 8.19. The van der Waals surface area contributed by atoms with Gasteiger partial charge in [-0.05, 0) is 12.8 Å². The molecule has 0 saturated carbocycles. The van der Waals surface area contributed by atoms with Gasteiger partial charge in [-0.3, -0.25) is 4.79 Å². The number of ether oxygens (including phenoxy) is 2. The number of likely N-dealkylation sites (tertiary alicyclic amines) is 1. The molecule has 1 fully saturated rings. The van der Waals surface area contributed by atoms with Gasteiger partial charge in [0.25, 0.3) is 0 Å². The smallest absolute Gasteiger partial charge is 0.414 e. The lowest BCUT2D eigenvalue weighted by Crippen LogP contribution is -2.30. The first-order valence-corrected chi connectivity index (χ1v) is 5.92. The summed E-state index contributed by atoms with van der Waals surface area (Å²) < 4.78 is 9.77. The van der Waals surface area contributed by atoms with Crippen molar-refractivity contribution in [2.45, 2.75) is 26.2 Å². The summed E-state index contributed by atoms with van der Waals surface area (Å²) in [4.78, 5) is 24.5. The van der Waals surface area contributed by atoms with Gasteiger partial charge in [-0.2, -0.15) is 0 Å². The topological polar surface area (TPSA) is 55.8 Å². The van der Waals surface area contributed by atoms with Gasteiger partial charge in [-0.25, -0.2) is 4.79 Å². The molecule has 17 heavy (non-hydrogen) atoms. The third-order valence-electron chi connectivity index (χ3n) is 2.71. The average Bonchev–Trinajstić information content (AvgIpc) is 2.79. The zero-order valence-corrected chi connectivity index (χ0v) is 10.2. The first-order valence-electron chi connectivity index (χ1n) is 5.92. The lowest BCUT2D eigenvalue weighted by molar-refractivity contribution is -0.148. The molecule has 5 nitrogen and oxygen atoms in total. The van der Waals surface area contributed by atoms with E-state index in [9.17, 15) is 9.59 Å². The van der Waals surface area contributed by atoms with Crippen molar-refractivity contribution in [1.29, 1.82) is 0 Å². The van der Waals surface area contributed by atoms with E-state index < -0.39 is 6.09 Å². The third kappa shape index (κ3) is 4.09. The summed E-state index contributed by atoms with van der Waals surface area (Å²) in [6.45, 7) is 6.71. The van der Waals surface area contributed by atoms with Crippen LogP contribution in [0.15, 0.2) is 12.8 Å². The Hall–Kier alpha value is -1.52. The summed E-state index contributed by atoms with van der Waals surface area (Å²) in [6.07, 6.45) is 3.15. The molecule has 0 aromatic heterocycles. The van der Waals surface area contributed by atoms with Crippen LogP contribution >= 0.6 is 0 Å². The van der Waals surface area contributed by atoms with E-state index in [1.54, 1.807) is 0 Å². The normalized spacial score (nSPS) is 18.9. The summed E-state index contributed by atoms with van der Waals surface area (Å²) in [6, 6.07) is 0. The summed E-state index contributed by atoms with van der Waals surface area (Å²) in [5.41, 5.74) is 0. The largest absolute Gasteiger partial charge is 0.465 e. The Kier molecular flexibility index (Phi) is 5.52. The fourth-order valence-electron chi connectivity index (χ4n) is 1.70. The third-order valence-corrected chi connectivity index (χ3v) is 2.71. The number of esters is 1. The minimum atomic E-state index is -0.455. The maximum Gasteiger partial charge on any atom is 0.414 e. The molecule has 1 aliphatic rings. The molecular weight excluding hydrogens is 222 g/mol. The Labute approximate surface area is 101 Å². The lowest BCUT2D eigenvalue weighted by Gasteiger charge is -2.14. The van der Waals surface area contributed by atoms with Crippen LogP contribution in [0.4, 0.5) is 4.79 Å². The fraction of sp³-hybridized carbons (Fsp3) is 0.667. The number of carbonyl (C=O) groups is 2. The van der Waals surface area contributed by atoms with Crippen molar-refractivity contribution in [1.82, 2.24) is 4.90 Å². The highest BCUT2D eigenvalue weighted by Crippen LogP contribution is 2.18. The zero-order chi connectivity index (χ0) is 12.7. The molecule has 0 radical (unpaired) electrons. The predicted molar refractivity (Wildman–Crippen MR) is 62.2 cm³/mol. The molecular formula is C12H19NO4. The molecule has 5 heteroatoms. The van der Waals surface area contributed by atoms with Gasteiger partial charge in [-0.15, -0.1) is 0 Å². The standard InChI is InChI=1S/C12H19NO4/c1-3-5-8-17-11(14)10-6-7-13(9-10)12(15)16-4-2/h4,10H,2-3,5-9H2,1H3. The van der Waals surface area contributed by atoms with Crippen molar-refractivity contribution >= 4 is 12.1 Å². The number of unbranched alkanes of at least 4 members (excludes halogenated alkanes) is 1. The molecule has 1 atom stereocenters. The van der Waals surface area contributed by atoms with Gasteiger partial charge in [0.2, 0.25) is 0 Å². The van der Waals surface area contributed by atoms with Gasteiger partial charge in [0.05, 0.1) is 18.8 Å². The van der Waals surface area contributed by atoms with Crippen molar-refractivity contribution in [2.75, 3.05) is 19.7 Å². The van der Waals surface area contributed by atoms with E-state index >= 15 is 0 Å². The SMILES string of the molecule is C=COC(=O)N1CCC(C(=O)OCCCC)C1. The lowest BCUT2D eigenvalue weighted by atomic mass is 10.1. The first kappa shape index (κ1) is 13.5. The number of carbonyl (C=O) groups excluding carboxylic acids is 2. The molecule has 0 aromatic rings. The molecule has 0 N–H and O–H groups in total. The number of hydrogen-bond acceptors (Lipinski definition) is 4. The van der Waals surface area contributed by atoms with E-state index in [-0.39, 0.29) is 11.9 Å². The Morgan fingerprint density at radius 1 is 1.53 bits per heavy atom. The number of hydrogen-bond donors (Lipinski definition) is 0. The minimum Gasteiger partial charge on any atom is -0.465 e. The van der Waals surface area contributed by atoms with Gasteiger partial charge >= 0.3 is 12.1 Å². The van der Waals surface area contributed by atoms with E-state index in [2.05, 4.69) is 11.3 Å². The van der Waals surface area contributed by atoms with Crippen LogP contribution in [-0.2, 0) is 14.3 Å². The van der Waals surface area contributed by atoms with E-state index in [4.69, 9.17) is 4.74 Å². The van der Waals surface area contributed by atoms with Gasteiger partial charge in [-0.1, -0.05) is 19.9 Å². The van der Waals surface area contributed by atoms with Gasteiger partial charge in [0, 0.05) is 13.1 Å². The predicted octanol–water partition coefficient (Wildman–Crippen LogP) is 1.93. The second-order valence-corrected chi connectivity index (χ2v) is 4.00. The molecule has 0 spiro atoms. The maximum atomic E-state index is 11.6. The van der Waals surface area contributed by atoms with E-state index in [0.717, 1.165) is 19.1 Å². The molecule has 1 heterocycles. The summed E-state index contributed by atoms with van der Waals surface area (Å²) >= 11 is 0. The van der Waals surface area contributed by atoms with Crippen LogP contribution < -0.4 is 0 Å². The highest BCUT2D eigenvalue weighted by atomic mass is 16.5. The highest BCUT2D eigenvalue weighted by molar-refractivity contribution is 5.75. The summed E-state index contributed by atoms with van der Waals surface area (Å²) in [7, 11) is 0. The molecule has 1 amide bonds. The van der Waals surface area contributed by atoms with Crippen molar-refractivity contribution in [3.63, 3.8) is 0 Å². The van der Waals surface area contributed by atoms with Gasteiger partial charge < -0.3 is 14.4 Å². The van der Waals surface area contributed by atoms with E-state index in [1.807, 2.05) is 6.92 Å². The average molecular weight is 241 g/mol. The molecule has 96 valence electrons. The second-order valence-electron chi connectivity index (χ2n) is 4.00. The number of rotatable bonds is 5. The molecule has 1 rings (SSSR count). The van der Waals surface area contributed by atoms with Crippen LogP contribution in [0.2, 0.25) is 0 Å². The highest BCUT2D eigenvalue weighted by Gasteiger charge is 2.32. The quantitative estimate of drug-likeness (QED) is 0.419. The molecule has 1 saturated heterocycles. The van der Waals surface area contributed by atoms with E-state index in [0.29, 0.717) is 26.1 Å². The van der Waals surface area contributed by atoms with Crippen LogP contribution in [0.3, 0.4) is 0 Å². The van der Waals surface area contributed by atoms with Gasteiger partial charge in [0.15, 0.2) is 0 Å². The summed E-state index contributed by atoms with van der Waals surface area (Å²) in [5, 5.41) is 0. The van der Waals surface area contributed by atoms with Gasteiger partial charge in [0.1, 0.15) is 0 Å². The van der Waals surface area contributed by atoms with Crippen molar-refractivity contribution in [3.8, 4) is 0 Å². The molecule has 1 unspecified atom stereocenters. The molecule has 0 aliphatic carbocycles. The summed E-state index contributed by atoms with van der Waals surface area (Å²) in [5.74, 6) is -0.434. The van der Waals surface area contributed by atoms with Crippen LogP contribution in [0.5, 0.6) is 0 Å². The number of nitrogens with zero attached hydrogens (tertiary/aromatic N) is 1. The maximum absolute atomic E-state index is 11.6. The van der Waals surface area contributed by atoms with Crippen molar-refractivity contribution in [2.24, 2.45) is 5.92 Å². The van der Waals surface area contributed by atoms with Crippen LogP contribution in [0.25, 0.3) is 0 Å². The van der Waals surface area contributed by atoms with Crippen LogP contribution in [0, 0.1) is 5.92 Å².